The van der Waals surface area contributed by atoms with Crippen molar-refractivity contribution < 1.29 is 0 Å². The Labute approximate surface area is 118 Å². The molecule has 1 unspecified atom stereocenters. The summed E-state index contributed by atoms with van der Waals surface area (Å²) in [7, 11) is 0. The van der Waals surface area contributed by atoms with Crippen LogP contribution in [0.3, 0.4) is 0 Å². The summed E-state index contributed by atoms with van der Waals surface area (Å²) in [5, 5.41) is 3.81. The molecular weight excluding hydrogens is 260 g/mol. The van der Waals surface area contributed by atoms with Crippen molar-refractivity contribution in [3.05, 3.63) is 47.1 Å². The maximum Gasteiger partial charge on any atom is 0.134 e. The second-order valence-corrected chi connectivity index (χ2v) is 4.78. The number of hydrogen-bond donors (Lipinski definition) is 1. The molecule has 2 aromatic heterocycles. The van der Waals surface area contributed by atoms with E-state index in [1.807, 2.05) is 12.1 Å². The van der Waals surface area contributed by atoms with Gasteiger partial charge in [-0.05, 0) is 31.0 Å². The van der Waals surface area contributed by atoms with Gasteiger partial charge in [-0.25, -0.2) is 9.97 Å². The zero-order chi connectivity index (χ0) is 13.7. The summed E-state index contributed by atoms with van der Waals surface area (Å²) in [5.74, 6) is 1.53. The van der Waals surface area contributed by atoms with Gasteiger partial charge in [-0.3, -0.25) is 4.98 Å². The minimum Gasteiger partial charge on any atom is -0.363 e. The van der Waals surface area contributed by atoms with Gasteiger partial charge in [-0.1, -0.05) is 18.5 Å². The van der Waals surface area contributed by atoms with Crippen molar-refractivity contribution in [2.75, 3.05) is 5.32 Å². The average Bonchev–Trinajstić information content (AvgIpc) is 2.39. The van der Waals surface area contributed by atoms with Crippen molar-refractivity contribution in [1.29, 1.82) is 0 Å². The molecule has 0 saturated heterocycles. The second kappa shape index (κ2) is 6.48. The molecule has 2 heterocycles. The lowest BCUT2D eigenvalue weighted by atomic mass is 10.1. The van der Waals surface area contributed by atoms with Gasteiger partial charge in [0.25, 0.3) is 0 Å². The third kappa shape index (κ3) is 3.89. The predicted molar refractivity (Wildman–Crippen MR) is 77.3 cm³/mol. The molecule has 19 heavy (non-hydrogen) atoms. The fourth-order valence-corrected chi connectivity index (χ4v) is 2.03. The number of hydrogen-bond acceptors (Lipinski definition) is 4. The third-order valence-corrected chi connectivity index (χ3v) is 2.98. The van der Waals surface area contributed by atoms with Crippen LogP contribution >= 0.6 is 11.6 Å². The minimum absolute atomic E-state index is 0.142. The second-order valence-electron chi connectivity index (χ2n) is 4.39. The van der Waals surface area contributed by atoms with Crippen molar-refractivity contribution in [3.8, 4) is 0 Å². The van der Waals surface area contributed by atoms with E-state index in [2.05, 4.69) is 34.1 Å². The van der Waals surface area contributed by atoms with Crippen LogP contribution in [0.15, 0.2) is 30.6 Å². The molecule has 0 amide bonds. The largest absolute Gasteiger partial charge is 0.363 e. The number of aryl methyl sites for hydroxylation is 1. The Morgan fingerprint density at radius 3 is 2.68 bits per heavy atom. The molecule has 100 valence electrons. The number of aromatic nitrogens is 3. The van der Waals surface area contributed by atoms with E-state index in [9.17, 15) is 0 Å². The highest BCUT2D eigenvalue weighted by Crippen LogP contribution is 2.19. The first kappa shape index (κ1) is 13.7. The van der Waals surface area contributed by atoms with Gasteiger partial charge in [0.05, 0.1) is 6.04 Å². The van der Waals surface area contributed by atoms with E-state index in [0.717, 1.165) is 30.0 Å². The standard InChI is InChI=1S/C14H17ClN4/c1-3-4-13-18-12(15)9-14(19-13)17-10(2)11-5-7-16-8-6-11/h5-10H,3-4H2,1-2H3,(H,17,18,19). The highest BCUT2D eigenvalue weighted by molar-refractivity contribution is 6.29. The van der Waals surface area contributed by atoms with E-state index in [4.69, 9.17) is 11.6 Å². The van der Waals surface area contributed by atoms with Crippen LogP contribution in [-0.2, 0) is 6.42 Å². The van der Waals surface area contributed by atoms with Crippen molar-refractivity contribution in [2.24, 2.45) is 0 Å². The molecule has 0 aliphatic carbocycles. The van der Waals surface area contributed by atoms with Crippen LogP contribution in [0.4, 0.5) is 5.82 Å². The van der Waals surface area contributed by atoms with Gasteiger partial charge in [0, 0.05) is 24.9 Å². The Morgan fingerprint density at radius 2 is 2.00 bits per heavy atom. The molecule has 0 bridgehead atoms. The maximum absolute atomic E-state index is 6.01. The number of nitrogens with zero attached hydrogens (tertiary/aromatic N) is 3. The molecule has 1 N–H and O–H groups in total. The molecule has 2 aromatic rings. The van der Waals surface area contributed by atoms with E-state index in [0.29, 0.717) is 5.15 Å². The normalized spacial score (nSPS) is 12.2. The smallest absolute Gasteiger partial charge is 0.134 e. The molecular formula is C14H17ClN4. The minimum atomic E-state index is 0.142. The van der Waals surface area contributed by atoms with E-state index in [1.165, 1.54) is 0 Å². The van der Waals surface area contributed by atoms with Crippen LogP contribution in [0.2, 0.25) is 5.15 Å². The van der Waals surface area contributed by atoms with Crippen LogP contribution in [0.25, 0.3) is 0 Å². The first-order chi connectivity index (χ1) is 9.19. The van der Waals surface area contributed by atoms with Crippen molar-refractivity contribution in [3.63, 3.8) is 0 Å². The molecule has 0 saturated carbocycles. The van der Waals surface area contributed by atoms with Crippen molar-refractivity contribution in [2.45, 2.75) is 32.7 Å². The van der Waals surface area contributed by atoms with Crippen LogP contribution in [0.1, 0.15) is 37.7 Å². The molecule has 2 rings (SSSR count). The van der Waals surface area contributed by atoms with E-state index >= 15 is 0 Å². The third-order valence-electron chi connectivity index (χ3n) is 2.79. The van der Waals surface area contributed by atoms with Crippen LogP contribution in [0.5, 0.6) is 0 Å². The van der Waals surface area contributed by atoms with Gasteiger partial charge in [-0.2, -0.15) is 0 Å². The first-order valence-electron chi connectivity index (χ1n) is 6.39. The Balaban J connectivity index is 2.14. The number of halogens is 1. The fourth-order valence-electron chi connectivity index (χ4n) is 1.83. The van der Waals surface area contributed by atoms with Crippen molar-refractivity contribution in [1.82, 2.24) is 15.0 Å². The van der Waals surface area contributed by atoms with E-state index < -0.39 is 0 Å². The molecule has 5 heteroatoms. The van der Waals surface area contributed by atoms with E-state index in [1.54, 1.807) is 18.5 Å². The highest BCUT2D eigenvalue weighted by Gasteiger charge is 2.08. The number of rotatable bonds is 5. The summed E-state index contributed by atoms with van der Waals surface area (Å²) in [6.45, 7) is 4.17. The SMILES string of the molecule is CCCc1nc(Cl)cc(NC(C)c2ccncc2)n1. The van der Waals surface area contributed by atoms with Crippen LogP contribution in [-0.4, -0.2) is 15.0 Å². The number of pyridine rings is 1. The zero-order valence-corrected chi connectivity index (χ0v) is 11.9. The van der Waals surface area contributed by atoms with Crippen molar-refractivity contribution >= 4 is 17.4 Å². The van der Waals surface area contributed by atoms with Gasteiger partial charge in [0.2, 0.25) is 0 Å². The van der Waals surface area contributed by atoms with E-state index in [-0.39, 0.29) is 6.04 Å². The molecule has 1 atom stereocenters. The highest BCUT2D eigenvalue weighted by atomic mass is 35.5. The quantitative estimate of drug-likeness (QED) is 0.847. The topological polar surface area (TPSA) is 50.7 Å². The summed E-state index contributed by atoms with van der Waals surface area (Å²) >= 11 is 6.01. The molecule has 0 aliphatic rings. The van der Waals surface area contributed by atoms with Gasteiger partial charge in [0.1, 0.15) is 16.8 Å². The van der Waals surface area contributed by atoms with Crippen LogP contribution in [0, 0.1) is 0 Å². The Bertz CT molecular complexity index is 530. The summed E-state index contributed by atoms with van der Waals surface area (Å²) < 4.78 is 0. The summed E-state index contributed by atoms with van der Waals surface area (Å²) in [4.78, 5) is 12.7. The molecule has 0 aromatic carbocycles. The first-order valence-corrected chi connectivity index (χ1v) is 6.76. The maximum atomic E-state index is 6.01. The molecule has 4 nitrogen and oxygen atoms in total. The zero-order valence-electron chi connectivity index (χ0n) is 11.1. The lowest BCUT2D eigenvalue weighted by Crippen LogP contribution is -2.09. The van der Waals surface area contributed by atoms with Gasteiger partial charge >= 0.3 is 0 Å². The Kier molecular flexibility index (Phi) is 4.68. The lowest BCUT2D eigenvalue weighted by molar-refractivity contribution is 0.818. The monoisotopic (exact) mass is 276 g/mol. The Hall–Kier alpha value is -1.68. The fraction of sp³-hybridized carbons (Fsp3) is 0.357. The molecule has 0 radical (unpaired) electrons. The van der Waals surface area contributed by atoms with Gasteiger partial charge in [-0.15, -0.1) is 0 Å². The Morgan fingerprint density at radius 1 is 1.26 bits per heavy atom. The predicted octanol–water partition coefficient (Wildman–Crippen LogP) is 3.65. The molecule has 0 fully saturated rings. The molecule has 0 spiro atoms. The average molecular weight is 277 g/mol. The summed E-state index contributed by atoms with van der Waals surface area (Å²) in [6.07, 6.45) is 5.39. The summed E-state index contributed by atoms with van der Waals surface area (Å²) in [5.41, 5.74) is 1.15. The summed E-state index contributed by atoms with van der Waals surface area (Å²) in [6, 6.07) is 5.85. The van der Waals surface area contributed by atoms with Crippen LogP contribution < -0.4 is 5.32 Å². The lowest BCUT2D eigenvalue weighted by Gasteiger charge is -2.15. The number of nitrogens with one attached hydrogen (secondary N) is 1. The van der Waals surface area contributed by atoms with Gasteiger partial charge < -0.3 is 5.32 Å². The molecule has 0 aliphatic heterocycles. The number of anilines is 1. The van der Waals surface area contributed by atoms with Gasteiger partial charge in [0.15, 0.2) is 0 Å².